The summed E-state index contributed by atoms with van der Waals surface area (Å²) < 4.78 is 1.86. The van der Waals surface area contributed by atoms with Crippen LogP contribution in [0.3, 0.4) is 0 Å². The van der Waals surface area contributed by atoms with E-state index in [0.717, 1.165) is 24.2 Å². The van der Waals surface area contributed by atoms with E-state index < -0.39 is 0 Å². The minimum atomic E-state index is 0.805. The van der Waals surface area contributed by atoms with Gasteiger partial charge in [0, 0.05) is 23.2 Å². The van der Waals surface area contributed by atoms with Gasteiger partial charge in [0.05, 0.1) is 5.69 Å². The maximum atomic E-state index is 4.57. The van der Waals surface area contributed by atoms with Crippen molar-refractivity contribution in [3.8, 4) is 0 Å². The molecule has 0 fully saturated rings. The molecule has 0 atom stereocenters. The molecule has 0 unspecified atom stereocenters. The largest absolute Gasteiger partial charge is 0.245 e. The van der Waals surface area contributed by atoms with Crippen LogP contribution in [0.25, 0.3) is 17.8 Å². The molecule has 0 saturated heterocycles. The van der Waals surface area contributed by atoms with E-state index in [-0.39, 0.29) is 0 Å². The van der Waals surface area contributed by atoms with Gasteiger partial charge in [-0.1, -0.05) is 43.8 Å². The van der Waals surface area contributed by atoms with Crippen molar-refractivity contribution in [1.82, 2.24) is 9.78 Å². The summed E-state index contributed by atoms with van der Waals surface area (Å²) in [6, 6.07) is 14.9. The first-order valence-electron chi connectivity index (χ1n) is 7.78. The molecule has 2 nitrogen and oxygen atoms in total. The summed E-state index contributed by atoms with van der Waals surface area (Å²) in [7, 11) is 0. The molecular formula is C20H20N2S. The molecule has 3 aromatic rings. The number of allylic oxidation sites excluding steroid dienone is 1. The zero-order valence-electron chi connectivity index (χ0n) is 13.3. The number of nitrogens with zero attached hydrogens (tertiary/aromatic N) is 2. The van der Waals surface area contributed by atoms with Gasteiger partial charge in [0.2, 0.25) is 0 Å². The second kappa shape index (κ2) is 7.25. The van der Waals surface area contributed by atoms with Crippen LogP contribution in [0, 0.1) is 0 Å². The Bertz CT molecular complexity index is 793. The molecule has 3 heteroatoms. The van der Waals surface area contributed by atoms with Crippen LogP contribution >= 0.6 is 11.3 Å². The van der Waals surface area contributed by atoms with Crippen molar-refractivity contribution >= 4 is 29.2 Å². The molecule has 0 aliphatic rings. The number of thiophene rings is 1. The van der Waals surface area contributed by atoms with Crippen LogP contribution < -0.4 is 0 Å². The zero-order chi connectivity index (χ0) is 16.1. The normalized spacial score (nSPS) is 11.2. The van der Waals surface area contributed by atoms with Gasteiger partial charge in [-0.05, 0) is 47.2 Å². The molecule has 0 bridgehead atoms. The number of aryl methyl sites for hydroxylation is 1. The van der Waals surface area contributed by atoms with Crippen molar-refractivity contribution in [3.63, 3.8) is 0 Å². The molecule has 0 aliphatic carbocycles. The fourth-order valence-electron chi connectivity index (χ4n) is 2.37. The average Bonchev–Trinajstić information content (AvgIpc) is 3.25. The third-order valence-corrected chi connectivity index (χ3v) is 4.57. The standard InChI is InChI=1S/C20H20N2S/c1-3-17-6-8-18(9-7-17)15-16(2)22-13-12-19(21-22)10-11-20-5-4-14-23-20/h4-14H,2-3,15H2,1H3/b11-10+. The summed E-state index contributed by atoms with van der Waals surface area (Å²) in [6.07, 6.45) is 7.96. The number of hydrogen-bond donors (Lipinski definition) is 0. The van der Waals surface area contributed by atoms with Gasteiger partial charge >= 0.3 is 0 Å². The summed E-state index contributed by atoms with van der Waals surface area (Å²) in [5.41, 5.74) is 4.55. The Hall–Kier alpha value is -2.39. The Kier molecular flexibility index (Phi) is 4.89. The minimum absolute atomic E-state index is 0.805. The Morgan fingerprint density at radius 1 is 1.13 bits per heavy atom. The highest BCUT2D eigenvalue weighted by Gasteiger charge is 2.02. The van der Waals surface area contributed by atoms with Gasteiger partial charge in [0.15, 0.2) is 0 Å². The maximum absolute atomic E-state index is 4.57. The Morgan fingerprint density at radius 2 is 1.91 bits per heavy atom. The highest BCUT2D eigenvalue weighted by Crippen LogP contribution is 2.15. The predicted octanol–water partition coefficient (Wildman–Crippen LogP) is 5.39. The van der Waals surface area contributed by atoms with Crippen molar-refractivity contribution < 1.29 is 0 Å². The van der Waals surface area contributed by atoms with Crippen molar-refractivity contribution in [2.24, 2.45) is 0 Å². The van der Waals surface area contributed by atoms with Crippen LogP contribution in [0.1, 0.15) is 28.6 Å². The Morgan fingerprint density at radius 3 is 2.61 bits per heavy atom. The fraction of sp³-hybridized carbons (Fsp3) is 0.150. The fourth-order valence-corrected chi connectivity index (χ4v) is 2.98. The first kappa shape index (κ1) is 15.5. The summed E-state index contributed by atoms with van der Waals surface area (Å²) in [5, 5.41) is 6.65. The summed E-state index contributed by atoms with van der Waals surface area (Å²) in [5.74, 6) is 0. The summed E-state index contributed by atoms with van der Waals surface area (Å²) >= 11 is 1.72. The van der Waals surface area contributed by atoms with Gasteiger partial charge in [-0.15, -0.1) is 11.3 Å². The minimum Gasteiger partial charge on any atom is -0.245 e. The topological polar surface area (TPSA) is 17.8 Å². The molecule has 116 valence electrons. The van der Waals surface area contributed by atoms with Crippen LogP contribution in [-0.4, -0.2) is 9.78 Å². The van der Waals surface area contributed by atoms with E-state index in [2.05, 4.69) is 66.5 Å². The van der Waals surface area contributed by atoms with Crippen molar-refractivity contribution in [3.05, 3.63) is 82.3 Å². The van der Waals surface area contributed by atoms with Crippen LogP contribution in [-0.2, 0) is 12.8 Å². The number of aromatic nitrogens is 2. The first-order valence-corrected chi connectivity index (χ1v) is 8.66. The monoisotopic (exact) mass is 320 g/mol. The number of benzene rings is 1. The second-order valence-corrected chi connectivity index (χ2v) is 6.43. The third kappa shape index (κ3) is 4.08. The van der Waals surface area contributed by atoms with Gasteiger partial charge < -0.3 is 0 Å². The molecule has 2 heterocycles. The van der Waals surface area contributed by atoms with E-state index in [1.165, 1.54) is 16.0 Å². The van der Waals surface area contributed by atoms with Gasteiger partial charge in [0.1, 0.15) is 0 Å². The third-order valence-electron chi connectivity index (χ3n) is 3.73. The number of hydrogen-bond acceptors (Lipinski definition) is 2. The van der Waals surface area contributed by atoms with E-state index in [1.807, 2.05) is 23.0 Å². The van der Waals surface area contributed by atoms with Gasteiger partial charge in [-0.25, -0.2) is 4.68 Å². The molecule has 0 N–H and O–H groups in total. The molecule has 1 aromatic carbocycles. The molecule has 23 heavy (non-hydrogen) atoms. The van der Waals surface area contributed by atoms with Crippen molar-refractivity contribution in [2.75, 3.05) is 0 Å². The van der Waals surface area contributed by atoms with E-state index in [1.54, 1.807) is 11.3 Å². The van der Waals surface area contributed by atoms with Crippen LogP contribution in [0.5, 0.6) is 0 Å². The van der Waals surface area contributed by atoms with Crippen LogP contribution in [0.15, 0.2) is 60.6 Å². The predicted molar refractivity (Wildman–Crippen MR) is 100 cm³/mol. The highest BCUT2D eigenvalue weighted by atomic mass is 32.1. The quantitative estimate of drug-likeness (QED) is 0.595. The highest BCUT2D eigenvalue weighted by molar-refractivity contribution is 7.10. The second-order valence-electron chi connectivity index (χ2n) is 5.45. The van der Waals surface area contributed by atoms with Gasteiger partial charge in [0.25, 0.3) is 0 Å². The van der Waals surface area contributed by atoms with Crippen LogP contribution in [0.2, 0.25) is 0 Å². The smallest absolute Gasteiger partial charge is 0.0855 e. The zero-order valence-corrected chi connectivity index (χ0v) is 14.1. The molecular weight excluding hydrogens is 300 g/mol. The van der Waals surface area contributed by atoms with E-state index in [4.69, 9.17) is 0 Å². The molecule has 3 rings (SSSR count). The molecule has 0 aliphatic heterocycles. The molecule has 0 radical (unpaired) electrons. The lowest BCUT2D eigenvalue weighted by atomic mass is 10.1. The molecule has 0 spiro atoms. The average molecular weight is 320 g/mol. The number of rotatable bonds is 6. The summed E-state index contributed by atoms with van der Waals surface area (Å²) in [6.45, 7) is 6.33. The van der Waals surface area contributed by atoms with Gasteiger partial charge in [-0.2, -0.15) is 5.10 Å². The van der Waals surface area contributed by atoms with E-state index in [9.17, 15) is 0 Å². The molecule has 0 amide bonds. The lowest BCUT2D eigenvalue weighted by molar-refractivity contribution is 0.871. The lowest BCUT2D eigenvalue weighted by Gasteiger charge is -2.06. The lowest BCUT2D eigenvalue weighted by Crippen LogP contribution is -2.00. The maximum Gasteiger partial charge on any atom is 0.0855 e. The van der Waals surface area contributed by atoms with Gasteiger partial charge in [-0.3, -0.25) is 0 Å². The Labute approximate surface area is 141 Å². The van der Waals surface area contributed by atoms with E-state index >= 15 is 0 Å². The molecule has 2 aromatic heterocycles. The molecule has 0 saturated carbocycles. The van der Waals surface area contributed by atoms with Crippen molar-refractivity contribution in [1.29, 1.82) is 0 Å². The first-order chi connectivity index (χ1) is 11.2. The van der Waals surface area contributed by atoms with Crippen LogP contribution in [0.4, 0.5) is 0 Å². The Balaban J connectivity index is 1.65. The SMILES string of the molecule is C=C(Cc1ccc(CC)cc1)n1ccc(/C=C/c2cccs2)n1. The van der Waals surface area contributed by atoms with Crippen molar-refractivity contribution in [2.45, 2.75) is 19.8 Å². The summed E-state index contributed by atoms with van der Waals surface area (Å²) in [4.78, 5) is 1.23. The van der Waals surface area contributed by atoms with E-state index in [0.29, 0.717) is 0 Å².